The number of aromatic amines is 1. The Morgan fingerprint density at radius 2 is 1.70 bits per heavy atom. The largest absolute Gasteiger partial charge is 0.353 e. The first-order valence-corrected chi connectivity index (χ1v) is 7.44. The number of aromatic nitrogens is 3. The monoisotopic (exact) mass is 323 g/mol. The van der Waals surface area contributed by atoms with Crippen LogP contribution in [0.2, 0.25) is 5.02 Å². The van der Waals surface area contributed by atoms with E-state index in [-0.39, 0.29) is 5.82 Å². The predicted octanol–water partition coefficient (Wildman–Crippen LogP) is 5.08. The number of pyridine rings is 2. The van der Waals surface area contributed by atoms with Crippen LogP contribution in [-0.2, 0) is 0 Å². The van der Waals surface area contributed by atoms with Gasteiger partial charge in [0.05, 0.1) is 21.7 Å². The molecule has 0 atom stereocenters. The van der Waals surface area contributed by atoms with Crippen molar-refractivity contribution in [3.05, 3.63) is 71.9 Å². The number of nitrogens with one attached hydrogen (secondary N) is 1. The number of benzene rings is 1. The van der Waals surface area contributed by atoms with Crippen LogP contribution in [0.15, 0.2) is 61.1 Å². The molecule has 112 valence electrons. The average molecular weight is 324 g/mol. The molecular formula is C18H11ClFN3. The topological polar surface area (TPSA) is 41.6 Å². The first-order valence-electron chi connectivity index (χ1n) is 7.06. The van der Waals surface area contributed by atoms with Gasteiger partial charge in [-0.2, -0.15) is 0 Å². The summed E-state index contributed by atoms with van der Waals surface area (Å²) in [7, 11) is 0. The van der Waals surface area contributed by atoms with Crippen LogP contribution in [0.3, 0.4) is 0 Å². The van der Waals surface area contributed by atoms with Crippen LogP contribution in [0.4, 0.5) is 4.39 Å². The molecule has 5 heteroatoms. The van der Waals surface area contributed by atoms with Gasteiger partial charge >= 0.3 is 0 Å². The third-order valence-electron chi connectivity index (χ3n) is 3.70. The van der Waals surface area contributed by atoms with E-state index in [2.05, 4.69) is 15.0 Å². The van der Waals surface area contributed by atoms with E-state index in [0.717, 1.165) is 33.4 Å². The van der Waals surface area contributed by atoms with Crippen LogP contribution in [-0.4, -0.2) is 15.0 Å². The van der Waals surface area contributed by atoms with Gasteiger partial charge in [-0.3, -0.25) is 9.97 Å². The van der Waals surface area contributed by atoms with Crippen molar-refractivity contribution in [3.8, 4) is 22.4 Å². The molecule has 0 spiro atoms. The minimum absolute atomic E-state index is 0.268. The number of nitrogens with zero attached hydrogens (tertiary/aromatic N) is 2. The fourth-order valence-electron chi connectivity index (χ4n) is 2.68. The van der Waals surface area contributed by atoms with E-state index < -0.39 is 0 Å². The van der Waals surface area contributed by atoms with Crippen molar-refractivity contribution in [1.82, 2.24) is 15.0 Å². The molecule has 0 radical (unpaired) electrons. The van der Waals surface area contributed by atoms with Gasteiger partial charge in [0.25, 0.3) is 0 Å². The summed E-state index contributed by atoms with van der Waals surface area (Å²) in [6.45, 7) is 0. The summed E-state index contributed by atoms with van der Waals surface area (Å²) in [5.41, 5.74) is 5.33. The number of fused-ring (bicyclic) bond motifs is 1. The molecule has 0 saturated heterocycles. The van der Waals surface area contributed by atoms with Crippen LogP contribution < -0.4 is 0 Å². The summed E-state index contributed by atoms with van der Waals surface area (Å²) in [4.78, 5) is 11.9. The molecule has 4 aromatic rings. The molecule has 0 aliphatic heterocycles. The molecule has 1 N–H and O–H groups in total. The molecule has 0 aliphatic rings. The molecule has 0 unspecified atom stereocenters. The summed E-state index contributed by atoms with van der Waals surface area (Å²) in [5, 5.41) is 0.561. The summed E-state index contributed by atoms with van der Waals surface area (Å²) in [5.74, 6) is -0.268. The fraction of sp³-hybridized carbons (Fsp3) is 0. The number of rotatable bonds is 2. The van der Waals surface area contributed by atoms with Gasteiger partial charge in [0, 0.05) is 29.7 Å². The Balaban J connectivity index is 2.05. The zero-order valence-corrected chi connectivity index (χ0v) is 12.7. The molecule has 0 fully saturated rings. The van der Waals surface area contributed by atoms with E-state index in [1.807, 2.05) is 18.2 Å². The molecule has 0 amide bonds. The Bertz CT molecular complexity index is 979. The first kappa shape index (κ1) is 13.9. The zero-order valence-electron chi connectivity index (χ0n) is 11.9. The maximum Gasteiger partial charge on any atom is 0.123 e. The molecule has 3 aromatic heterocycles. The first-order chi connectivity index (χ1) is 11.2. The lowest BCUT2D eigenvalue weighted by Crippen LogP contribution is -1.85. The minimum atomic E-state index is -0.268. The highest BCUT2D eigenvalue weighted by molar-refractivity contribution is 6.31. The highest BCUT2D eigenvalue weighted by Gasteiger charge is 2.16. The van der Waals surface area contributed by atoms with Crippen molar-refractivity contribution in [2.75, 3.05) is 0 Å². The van der Waals surface area contributed by atoms with Gasteiger partial charge in [0.2, 0.25) is 0 Å². The van der Waals surface area contributed by atoms with Gasteiger partial charge in [-0.15, -0.1) is 0 Å². The molecule has 3 nitrogen and oxygen atoms in total. The predicted molar refractivity (Wildman–Crippen MR) is 89.7 cm³/mol. The van der Waals surface area contributed by atoms with Gasteiger partial charge < -0.3 is 4.98 Å². The molecule has 3 heterocycles. The molecule has 1 aromatic carbocycles. The van der Waals surface area contributed by atoms with Crippen molar-refractivity contribution < 1.29 is 4.39 Å². The molecule has 0 aliphatic carbocycles. The second-order valence-electron chi connectivity index (χ2n) is 5.17. The van der Waals surface area contributed by atoms with Crippen LogP contribution in [0, 0.1) is 5.82 Å². The normalized spacial score (nSPS) is 11.0. The maximum absolute atomic E-state index is 13.3. The number of halogens is 2. The Hall–Kier alpha value is -2.72. The molecule has 0 saturated carbocycles. The van der Waals surface area contributed by atoms with Gasteiger partial charge in [0.15, 0.2) is 0 Å². The van der Waals surface area contributed by atoms with Crippen LogP contribution in [0.25, 0.3) is 33.4 Å². The number of hydrogen-bond acceptors (Lipinski definition) is 2. The van der Waals surface area contributed by atoms with E-state index >= 15 is 0 Å². The van der Waals surface area contributed by atoms with E-state index in [0.29, 0.717) is 5.02 Å². The Morgan fingerprint density at radius 3 is 2.43 bits per heavy atom. The summed E-state index contributed by atoms with van der Waals surface area (Å²) >= 11 is 6.05. The second kappa shape index (κ2) is 5.48. The molecule has 0 bridgehead atoms. The van der Waals surface area contributed by atoms with Gasteiger partial charge in [0.1, 0.15) is 5.82 Å². The second-order valence-corrected chi connectivity index (χ2v) is 5.60. The lowest BCUT2D eigenvalue weighted by molar-refractivity contribution is 0.628. The lowest BCUT2D eigenvalue weighted by atomic mass is 10.0. The van der Waals surface area contributed by atoms with Gasteiger partial charge in [-0.1, -0.05) is 23.7 Å². The van der Waals surface area contributed by atoms with Crippen molar-refractivity contribution in [3.63, 3.8) is 0 Å². The maximum atomic E-state index is 13.3. The third kappa shape index (κ3) is 2.47. The Morgan fingerprint density at radius 1 is 0.957 bits per heavy atom. The van der Waals surface area contributed by atoms with Gasteiger partial charge in [-0.25, -0.2) is 4.39 Å². The van der Waals surface area contributed by atoms with E-state index in [9.17, 15) is 4.39 Å². The smallest absolute Gasteiger partial charge is 0.123 e. The van der Waals surface area contributed by atoms with Crippen molar-refractivity contribution >= 4 is 22.6 Å². The minimum Gasteiger partial charge on any atom is -0.353 e. The molecular weight excluding hydrogens is 313 g/mol. The van der Waals surface area contributed by atoms with Crippen molar-refractivity contribution in [2.45, 2.75) is 0 Å². The molecule has 23 heavy (non-hydrogen) atoms. The average Bonchev–Trinajstić information content (AvgIpc) is 2.95. The fourth-order valence-corrected chi connectivity index (χ4v) is 2.84. The number of hydrogen-bond donors (Lipinski definition) is 1. The summed E-state index contributed by atoms with van der Waals surface area (Å²) < 4.78 is 13.3. The number of H-pyrrole nitrogens is 1. The third-order valence-corrected chi connectivity index (χ3v) is 3.91. The van der Waals surface area contributed by atoms with Crippen LogP contribution in [0.1, 0.15) is 0 Å². The van der Waals surface area contributed by atoms with Crippen LogP contribution >= 0.6 is 11.6 Å². The highest BCUT2D eigenvalue weighted by atomic mass is 35.5. The SMILES string of the molecule is Fc1ccc(-c2c(-c3ccncc3)[nH]c3cc(Cl)cnc23)cc1. The van der Waals surface area contributed by atoms with E-state index in [1.54, 1.807) is 30.7 Å². The standard InChI is InChI=1S/C18H11ClFN3/c19-13-9-15-18(22-10-13)16(11-1-3-14(20)4-2-11)17(23-15)12-5-7-21-8-6-12/h1-10,23H. The zero-order chi connectivity index (χ0) is 15.8. The van der Waals surface area contributed by atoms with Gasteiger partial charge in [-0.05, 0) is 35.9 Å². The Kier molecular flexibility index (Phi) is 3.32. The highest BCUT2D eigenvalue weighted by Crippen LogP contribution is 2.37. The quantitative estimate of drug-likeness (QED) is 0.558. The summed E-state index contributed by atoms with van der Waals surface area (Å²) in [6, 6.07) is 12.1. The summed E-state index contributed by atoms with van der Waals surface area (Å²) in [6.07, 6.45) is 5.08. The molecule has 4 rings (SSSR count). The van der Waals surface area contributed by atoms with Crippen molar-refractivity contribution in [2.24, 2.45) is 0 Å². The van der Waals surface area contributed by atoms with E-state index in [4.69, 9.17) is 11.6 Å². The lowest BCUT2D eigenvalue weighted by Gasteiger charge is -2.05. The van der Waals surface area contributed by atoms with Crippen LogP contribution in [0.5, 0.6) is 0 Å². The van der Waals surface area contributed by atoms with Crippen molar-refractivity contribution in [1.29, 1.82) is 0 Å². The van der Waals surface area contributed by atoms with E-state index in [1.165, 1.54) is 12.1 Å². The Labute approximate surface area is 136 Å².